The molecule has 6 nitrogen and oxygen atoms in total. The summed E-state index contributed by atoms with van der Waals surface area (Å²) in [7, 11) is -3.59. The van der Waals surface area contributed by atoms with Gasteiger partial charge in [0.05, 0.1) is 5.75 Å². The molecule has 0 spiro atoms. The summed E-state index contributed by atoms with van der Waals surface area (Å²) in [5.41, 5.74) is 1.26. The first-order chi connectivity index (χ1) is 15.4. The fourth-order valence-electron chi connectivity index (χ4n) is 3.54. The molecule has 0 bridgehead atoms. The van der Waals surface area contributed by atoms with Crippen molar-refractivity contribution in [1.29, 1.82) is 0 Å². The van der Waals surface area contributed by atoms with Crippen molar-refractivity contribution < 1.29 is 18.6 Å². The van der Waals surface area contributed by atoms with Gasteiger partial charge in [0, 0.05) is 17.2 Å². The molecule has 32 heavy (non-hydrogen) atoms. The van der Waals surface area contributed by atoms with Crippen LogP contribution in [-0.2, 0) is 10.0 Å². The van der Waals surface area contributed by atoms with Gasteiger partial charge in [-0.15, -0.1) is 0 Å². The summed E-state index contributed by atoms with van der Waals surface area (Å²) < 4.78 is 24.9. The van der Waals surface area contributed by atoms with Crippen molar-refractivity contribution in [2.75, 3.05) is 5.75 Å². The molecule has 0 heterocycles. The van der Waals surface area contributed by atoms with Crippen LogP contribution in [0.4, 0.5) is 0 Å². The van der Waals surface area contributed by atoms with Crippen LogP contribution in [0.15, 0.2) is 53.6 Å². The van der Waals surface area contributed by atoms with Crippen molar-refractivity contribution in [3.05, 3.63) is 59.7 Å². The highest BCUT2D eigenvalue weighted by molar-refractivity contribution is 7.89. The van der Waals surface area contributed by atoms with E-state index in [1.807, 2.05) is 6.07 Å². The number of nitrogens with one attached hydrogen (secondary N) is 1. The molecule has 0 saturated carbocycles. The number of benzene rings is 2. The fraction of sp³-hybridized carbons (Fsp3) is 0.480. The van der Waals surface area contributed by atoms with Gasteiger partial charge in [-0.1, -0.05) is 95.0 Å². The summed E-state index contributed by atoms with van der Waals surface area (Å²) in [4.78, 5) is 2.32. The lowest BCUT2D eigenvalue weighted by molar-refractivity contribution is 0.450. The topological polar surface area (TPSA) is 99.0 Å². The summed E-state index contributed by atoms with van der Waals surface area (Å²) in [6.45, 7) is 2.22. The van der Waals surface area contributed by atoms with Gasteiger partial charge in [0.25, 0.3) is 0 Å². The molecule has 2 aromatic rings. The first-order valence-corrected chi connectivity index (χ1v) is 13.2. The Kier molecular flexibility index (Phi) is 11.1. The van der Waals surface area contributed by atoms with Crippen LogP contribution in [0.2, 0.25) is 0 Å². The maximum atomic E-state index is 12.5. The zero-order chi connectivity index (χ0) is 23.2. The number of sulfonamides is 1. The van der Waals surface area contributed by atoms with Crippen LogP contribution in [0.25, 0.3) is 0 Å². The Morgan fingerprint density at radius 1 is 0.844 bits per heavy atom. The molecule has 7 heteroatoms. The SMILES string of the molecule is CCCCCCCCCCCCS(=O)(=O)N/N=C(/c1ccccc1)c1ccc(O)cc1O. The Balaban J connectivity index is 1.89. The van der Waals surface area contributed by atoms with E-state index in [1.165, 1.54) is 56.7 Å². The first-order valence-electron chi connectivity index (χ1n) is 11.6. The minimum absolute atomic E-state index is 0.0105. The lowest BCUT2D eigenvalue weighted by Crippen LogP contribution is -2.23. The summed E-state index contributed by atoms with van der Waals surface area (Å²) in [6, 6.07) is 13.1. The van der Waals surface area contributed by atoms with Crippen LogP contribution in [0.1, 0.15) is 82.3 Å². The second-order valence-electron chi connectivity index (χ2n) is 8.12. The van der Waals surface area contributed by atoms with Gasteiger partial charge in [-0.3, -0.25) is 0 Å². The van der Waals surface area contributed by atoms with Crippen LogP contribution < -0.4 is 4.83 Å². The molecule has 2 aromatic carbocycles. The highest BCUT2D eigenvalue weighted by Crippen LogP contribution is 2.25. The number of hydrogen-bond donors (Lipinski definition) is 3. The number of unbranched alkanes of at least 4 members (excludes halogenated alkanes) is 9. The normalized spacial score (nSPS) is 12.1. The average Bonchev–Trinajstić information content (AvgIpc) is 2.77. The van der Waals surface area contributed by atoms with Gasteiger partial charge in [-0.05, 0) is 18.6 Å². The number of nitrogens with zero attached hydrogens (tertiary/aromatic N) is 1. The van der Waals surface area contributed by atoms with Crippen molar-refractivity contribution in [2.24, 2.45) is 5.10 Å². The Bertz CT molecular complexity index is 944. The molecule has 0 atom stereocenters. The maximum Gasteiger partial charge on any atom is 0.247 e. The van der Waals surface area contributed by atoms with E-state index >= 15 is 0 Å². The Labute approximate surface area is 192 Å². The number of phenols is 2. The monoisotopic (exact) mass is 460 g/mol. The molecule has 2 rings (SSSR count). The van der Waals surface area contributed by atoms with E-state index in [0.717, 1.165) is 19.3 Å². The molecular formula is C25H36N2O4S. The number of hydrazone groups is 1. The molecule has 0 saturated heterocycles. The average molecular weight is 461 g/mol. The van der Waals surface area contributed by atoms with Crippen molar-refractivity contribution in [1.82, 2.24) is 4.83 Å². The van der Waals surface area contributed by atoms with Crippen molar-refractivity contribution in [3.8, 4) is 11.5 Å². The molecular weight excluding hydrogens is 424 g/mol. The molecule has 176 valence electrons. The highest BCUT2D eigenvalue weighted by Gasteiger charge is 2.15. The van der Waals surface area contributed by atoms with Crippen LogP contribution in [0, 0.1) is 0 Å². The molecule has 0 aliphatic carbocycles. The predicted octanol–water partition coefficient (Wildman–Crippen LogP) is 5.69. The Morgan fingerprint density at radius 2 is 1.44 bits per heavy atom. The Morgan fingerprint density at radius 3 is 2.03 bits per heavy atom. The summed E-state index contributed by atoms with van der Waals surface area (Å²) in [5, 5.41) is 23.9. The lowest BCUT2D eigenvalue weighted by atomic mass is 10.0. The van der Waals surface area contributed by atoms with Gasteiger partial charge in [-0.25, -0.2) is 13.2 Å². The second-order valence-corrected chi connectivity index (χ2v) is 9.94. The first kappa shape index (κ1) is 25.7. The molecule has 0 amide bonds. The third-order valence-electron chi connectivity index (χ3n) is 5.35. The van der Waals surface area contributed by atoms with Gasteiger partial charge in [0.1, 0.15) is 17.2 Å². The van der Waals surface area contributed by atoms with Gasteiger partial charge in [0.2, 0.25) is 10.0 Å². The number of rotatable bonds is 15. The van der Waals surface area contributed by atoms with Crippen molar-refractivity contribution >= 4 is 15.7 Å². The van der Waals surface area contributed by atoms with Gasteiger partial charge in [-0.2, -0.15) is 5.10 Å². The lowest BCUT2D eigenvalue weighted by Gasteiger charge is -2.11. The van der Waals surface area contributed by atoms with Crippen LogP contribution >= 0.6 is 0 Å². The Hall–Kier alpha value is -2.54. The molecule has 0 fully saturated rings. The smallest absolute Gasteiger partial charge is 0.247 e. The van der Waals surface area contributed by atoms with Gasteiger partial charge >= 0.3 is 0 Å². The third-order valence-corrected chi connectivity index (χ3v) is 6.54. The highest BCUT2D eigenvalue weighted by atomic mass is 32.2. The number of aromatic hydroxyl groups is 2. The van der Waals surface area contributed by atoms with Crippen LogP contribution in [0.3, 0.4) is 0 Å². The fourth-order valence-corrected chi connectivity index (χ4v) is 4.44. The standard InChI is InChI=1S/C25H36N2O4S/c1-2-3-4-5-6-7-8-9-10-14-19-32(30,31)27-26-25(21-15-12-11-13-16-21)23-18-17-22(28)20-24(23)29/h11-13,15-18,20,27-29H,2-10,14,19H2,1H3/b26-25-. The summed E-state index contributed by atoms with van der Waals surface area (Å²) in [5.74, 6) is -0.252. The quantitative estimate of drug-likeness (QED) is 0.181. The molecule has 0 unspecified atom stereocenters. The molecule has 0 aromatic heterocycles. The molecule has 0 radical (unpaired) electrons. The van der Waals surface area contributed by atoms with E-state index in [-0.39, 0.29) is 23.0 Å². The van der Waals surface area contributed by atoms with E-state index < -0.39 is 10.0 Å². The van der Waals surface area contributed by atoms with Crippen LogP contribution in [-0.4, -0.2) is 30.1 Å². The summed E-state index contributed by atoms with van der Waals surface area (Å²) >= 11 is 0. The minimum atomic E-state index is -3.59. The van der Waals surface area contributed by atoms with Gasteiger partial charge in [0.15, 0.2) is 0 Å². The van der Waals surface area contributed by atoms with E-state index in [9.17, 15) is 18.6 Å². The second kappa shape index (κ2) is 13.8. The van der Waals surface area contributed by atoms with Crippen LogP contribution in [0.5, 0.6) is 11.5 Å². The zero-order valence-corrected chi connectivity index (χ0v) is 19.8. The van der Waals surface area contributed by atoms with E-state index in [0.29, 0.717) is 17.5 Å². The molecule has 0 aliphatic rings. The van der Waals surface area contributed by atoms with E-state index in [2.05, 4.69) is 16.9 Å². The minimum Gasteiger partial charge on any atom is -0.508 e. The zero-order valence-electron chi connectivity index (χ0n) is 19.0. The number of phenolic OH excluding ortho intramolecular Hbond substituents is 2. The van der Waals surface area contributed by atoms with Crippen molar-refractivity contribution in [2.45, 2.75) is 71.1 Å². The maximum absolute atomic E-state index is 12.5. The largest absolute Gasteiger partial charge is 0.508 e. The molecule has 3 N–H and O–H groups in total. The van der Waals surface area contributed by atoms with E-state index in [4.69, 9.17) is 0 Å². The van der Waals surface area contributed by atoms with E-state index in [1.54, 1.807) is 24.3 Å². The molecule has 0 aliphatic heterocycles. The number of hydrogen-bond acceptors (Lipinski definition) is 5. The third kappa shape index (κ3) is 9.30. The van der Waals surface area contributed by atoms with Crippen molar-refractivity contribution in [3.63, 3.8) is 0 Å². The van der Waals surface area contributed by atoms with Gasteiger partial charge < -0.3 is 10.2 Å². The predicted molar refractivity (Wildman–Crippen MR) is 131 cm³/mol. The summed E-state index contributed by atoms with van der Waals surface area (Å²) in [6.07, 6.45) is 11.3.